The Balaban J connectivity index is 1.64. The molecule has 0 fully saturated rings. The largest absolute Gasteiger partial charge is 0.433 e. The highest BCUT2D eigenvalue weighted by Gasteiger charge is 2.32. The molecule has 0 radical (unpaired) electrons. The van der Waals surface area contributed by atoms with E-state index in [2.05, 4.69) is 26.8 Å². The smallest absolute Gasteiger partial charge is 0.366 e. The summed E-state index contributed by atoms with van der Waals surface area (Å²) in [6.07, 6.45) is 1.31. The minimum atomic E-state index is -4.42. The summed E-state index contributed by atoms with van der Waals surface area (Å²) in [6.45, 7) is 0. The Kier molecular flexibility index (Phi) is 4.80. The van der Waals surface area contributed by atoms with Gasteiger partial charge in [0.25, 0.3) is 0 Å². The van der Waals surface area contributed by atoms with Crippen molar-refractivity contribution >= 4 is 17.6 Å². The van der Waals surface area contributed by atoms with Crippen molar-refractivity contribution in [3.63, 3.8) is 0 Å². The van der Waals surface area contributed by atoms with Crippen LogP contribution in [0.15, 0.2) is 66.0 Å². The van der Waals surface area contributed by atoms with Crippen LogP contribution in [-0.2, 0) is 12.6 Å². The quantitative estimate of drug-likeness (QED) is 0.627. The van der Waals surface area contributed by atoms with Gasteiger partial charge in [-0.05, 0) is 35.2 Å². The lowest BCUT2D eigenvalue weighted by atomic mass is 10.1. The standard InChI is InChI=1S/C17H14F3N3S/c18-17(19,20)16-7-6-14(10-22-16)23-24-15-11-21-9-13(15)8-12-4-2-1-3-5-12/h1-7,9-11,21,23H,8H2. The normalized spacial score (nSPS) is 11.5. The molecule has 0 saturated carbocycles. The van der Waals surface area contributed by atoms with Crippen molar-refractivity contribution in [3.05, 3.63) is 77.9 Å². The fourth-order valence-corrected chi connectivity index (χ4v) is 2.90. The Morgan fingerprint density at radius 3 is 2.50 bits per heavy atom. The highest BCUT2D eigenvalue weighted by atomic mass is 32.2. The molecule has 2 aromatic heterocycles. The molecule has 0 aliphatic carbocycles. The van der Waals surface area contributed by atoms with Crippen LogP contribution in [0.25, 0.3) is 0 Å². The molecule has 0 unspecified atom stereocenters. The van der Waals surface area contributed by atoms with Crippen LogP contribution in [0, 0.1) is 0 Å². The lowest BCUT2D eigenvalue weighted by Crippen LogP contribution is -2.07. The summed E-state index contributed by atoms with van der Waals surface area (Å²) in [4.78, 5) is 7.48. The van der Waals surface area contributed by atoms with Gasteiger partial charge in [0, 0.05) is 23.7 Å². The van der Waals surface area contributed by atoms with Crippen molar-refractivity contribution < 1.29 is 13.2 Å². The van der Waals surface area contributed by atoms with Crippen LogP contribution in [0.1, 0.15) is 16.8 Å². The first-order valence-electron chi connectivity index (χ1n) is 7.18. The van der Waals surface area contributed by atoms with Crippen LogP contribution in [0.4, 0.5) is 18.9 Å². The minimum absolute atomic E-state index is 0.514. The van der Waals surface area contributed by atoms with E-state index in [-0.39, 0.29) is 0 Å². The molecule has 0 bridgehead atoms. The second-order valence-corrected chi connectivity index (χ2v) is 5.99. The number of benzene rings is 1. The van der Waals surface area contributed by atoms with Gasteiger partial charge >= 0.3 is 6.18 Å². The fraction of sp³-hybridized carbons (Fsp3) is 0.118. The van der Waals surface area contributed by atoms with Crippen LogP contribution in [-0.4, -0.2) is 9.97 Å². The predicted molar refractivity (Wildman–Crippen MR) is 88.8 cm³/mol. The van der Waals surface area contributed by atoms with Crippen molar-refractivity contribution in [3.8, 4) is 0 Å². The first kappa shape index (κ1) is 16.4. The summed E-state index contributed by atoms with van der Waals surface area (Å²) in [5.41, 5.74) is 1.91. The maximum absolute atomic E-state index is 12.5. The number of rotatable bonds is 5. The number of nitrogens with one attached hydrogen (secondary N) is 2. The van der Waals surface area contributed by atoms with E-state index in [0.29, 0.717) is 5.69 Å². The van der Waals surface area contributed by atoms with Gasteiger partial charge in [-0.3, -0.25) is 0 Å². The van der Waals surface area contributed by atoms with Crippen LogP contribution < -0.4 is 4.72 Å². The lowest BCUT2D eigenvalue weighted by Gasteiger charge is -2.08. The van der Waals surface area contributed by atoms with Gasteiger partial charge < -0.3 is 9.71 Å². The molecule has 124 valence electrons. The molecule has 2 heterocycles. The SMILES string of the molecule is FC(F)(F)c1ccc(NSc2c[nH]cc2Cc2ccccc2)cn1. The molecule has 3 rings (SSSR count). The third kappa shape index (κ3) is 4.11. The maximum Gasteiger partial charge on any atom is 0.433 e. The van der Waals surface area contributed by atoms with E-state index in [9.17, 15) is 13.2 Å². The van der Waals surface area contributed by atoms with Crippen LogP contribution in [0.2, 0.25) is 0 Å². The van der Waals surface area contributed by atoms with E-state index in [1.807, 2.05) is 30.6 Å². The van der Waals surface area contributed by atoms with Crippen molar-refractivity contribution in [2.24, 2.45) is 0 Å². The maximum atomic E-state index is 12.5. The van der Waals surface area contributed by atoms with E-state index in [1.54, 1.807) is 0 Å². The zero-order valence-corrected chi connectivity index (χ0v) is 13.3. The van der Waals surface area contributed by atoms with Crippen molar-refractivity contribution in [2.75, 3.05) is 4.72 Å². The zero-order chi connectivity index (χ0) is 17.0. The summed E-state index contributed by atoms with van der Waals surface area (Å²) < 4.78 is 40.5. The Hall–Kier alpha value is -2.41. The number of hydrogen-bond acceptors (Lipinski definition) is 3. The van der Waals surface area contributed by atoms with Crippen molar-refractivity contribution in [1.82, 2.24) is 9.97 Å². The second kappa shape index (κ2) is 7.00. The fourth-order valence-electron chi connectivity index (χ4n) is 2.17. The van der Waals surface area contributed by atoms with E-state index >= 15 is 0 Å². The van der Waals surface area contributed by atoms with Gasteiger partial charge in [0.1, 0.15) is 5.69 Å². The molecule has 24 heavy (non-hydrogen) atoms. The number of pyridine rings is 1. The van der Waals surface area contributed by atoms with Gasteiger partial charge in [-0.2, -0.15) is 13.2 Å². The molecule has 0 atom stereocenters. The Morgan fingerprint density at radius 2 is 1.83 bits per heavy atom. The second-order valence-electron chi connectivity index (χ2n) is 5.14. The number of aromatic nitrogens is 2. The van der Waals surface area contributed by atoms with E-state index < -0.39 is 11.9 Å². The Labute approximate surface area is 141 Å². The van der Waals surface area contributed by atoms with Gasteiger partial charge in [0.05, 0.1) is 11.9 Å². The monoisotopic (exact) mass is 349 g/mol. The van der Waals surface area contributed by atoms with Gasteiger partial charge in [0.15, 0.2) is 0 Å². The summed E-state index contributed by atoms with van der Waals surface area (Å²) in [5.74, 6) is 0. The molecule has 1 aromatic carbocycles. The Bertz CT molecular complexity index is 783. The molecule has 2 N–H and O–H groups in total. The van der Waals surface area contributed by atoms with Crippen LogP contribution in [0.5, 0.6) is 0 Å². The molecule has 0 amide bonds. The molecule has 3 aromatic rings. The summed E-state index contributed by atoms with van der Waals surface area (Å²) in [6, 6.07) is 12.4. The topological polar surface area (TPSA) is 40.7 Å². The molecule has 0 saturated heterocycles. The number of halogens is 3. The third-order valence-electron chi connectivity index (χ3n) is 3.36. The first-order chi connectivity index (χ1) is 11.5. The van der Waals surface area contributed by atoms with Gasteiger partial charge in [0.2, 0.25) is 0 Å². The third-order valence-corrected chi connectivity index (χ3v) is 4.30. The zero-order valence-electron chi connectivity index (χ0n) is 12.5. The Morgan fingerprint density at radius 1 is 1.04 bits per heavy atom. The molecule has 0 aliphatic rings. The number of alkyl halides is 3. The van der Waals surface area contributed by atoms with Gasteiger partial charge in [-0.25, -0.2) is 4.98 Å². The molecule has 7 heteroatoms. The number of anilines is 1. The van der Waals surface area contributed by atoms with E-state index in [4.69, 9.17) is 0 Å². The molecule has 0 aliphatic heterocycles. The number of H-pyrrole nitrogens is 1. The highest BCUT2D eigenvalue weighted by molar-refractivity contribution is 8.00. The number of nitrogens with zero attached hydrogens (tertiary/aromatic N) is 1. The number of aromatic amines is 1. The lowest BCUT2D eigenvalue weighted by molar-refractivity contribution is -0.141. The first-order valence-corrected chi connectivity index (χ1v) is 8.00. The van der Waals surface area contributed by atoms with E-state index in [0.717, 1.165) is 22.9 Å². The van der Waals surface area contributed by atoms with Crippen LogP contribution >= 0.6 is 11.9 Å². The minimum Gasteiger partial charge on any atom is -0.366 e. The number of hydrogen-bond donors (Lipinski definition) is 2. The van der Waals surface area contributed by atoms with Crippen molar-refractivity contribution in [2.45, 2.75) is 17.5 Å². The molecule has 3 nitrogen and oxygen atoms in total. The van der Waals surface area contributed by atoms with Crippen LogP contribution in [0.3, 0.4) is 0 Å². The highest BCUT2D eigenvalue weighted by Crippen LogP contribution is 2.29. The molecule has 0 spiro atoms. The summed E-state index contributed by atoms with van der Waals surface area (Å²) in [7, 11) is 0. The average Bonchev–Trinajstić information content (AvgIpc) is 3.00. The van der Waals surface area contributed by atoms with Crippen molar-refractivity contribution in [1.29, 1.82) is 0 Å². The van der Waals surface area contributed by atoms with E-state index in [1.165, 1.54) is 29.8 Å². The summed E-state index contributed by atoms with van der Waals surface area (Å²) >= 11 is 1.34. The molecular weight excluding hydrogens is 335 g/mol. The predicted octanol–water partition coefficient (Wildman–Crippen LogP) is 5.14. The molecular formula is C17H14F3N3S. The summed E-state index contributed by atoms with van der Waals surface area (Å²) in [5, 5.41) is 0. The average molecular weight is 349 g/mol. The van der Waals surface area contributed by atoms with Gasteiger partial charge in [-0.15, -0.1) is 0 Å². The van der Waals surface area contributed by atoms with Gasteiger partial charge in [-0.1, -0.05) is 30.3 Å².